The van der Waals surface area contributed by atoms with E-state index < -0.39 is 0 Å². The topological polar surface area (TPSA) is 86.8 Å². The van der Waals surface area contributed by atoms with Gasteiger partial charge in [-0.15, -0.1) is 0 Å². The van der Waals surface area contributed by atoms with Crippen LogP contribution in [-0.2, 0) is 11.8 Å². The van der Waals surface area contributed by atoms with Crippen molar-refractivity contribution in [3.8, 4) is 17.2 Å². The average Bonchev–Trinajstić information content (AvgIpc) is 3.23. The summed E-state index contributed by atoms with van der Waals surface area (Å²) in [6.45, 7) is 1.59. The van der Waals surface area contributed by atoms with Crippen molar-refractivity contribution < 1.29 is 4.79 Å². The second kappa shape index (κ2) is 9.41. The fraction of sp³-hybridized carbons (Fsp3) is 0.333. The molecule has 1 fully saturated rings. The molecule has 1 N–H and O–H groups in total. The van der Waals surface area contributed by atoms with E-state index in [0.29, 0.717) is 10.6 Å². The molecule has 3 aromatic rings. The molecule has 0 spiro atoms. The van der Waals surface area contributed by atoms with Gasteiger partial charge in [-0.1, -0.05) is 17.7 Å². The van der Waals surface area contributed by atoms with E-state index in [1.165, 1.54) is 0 Å². The number of hydrogen-bond donors (Lipinski definition) is 1. The number of amides is 1. The number of anilines is 2. The predicted octanol–water partition coefficient (Wildman–Crippen LogP) is 4.78. The van der Waals surface area contributed by atoms with Crippen LogP contribution in [0.25, 0.3) is 11.1 Å². The van der Waals surface area contributed by atoms with Crippen LogP contribution in [0, 0.1) is 11.3 Å². The lowest BCUT2D eigenvalue weighted by atomic mass is 9.89. The van der Waals surface area contributed by atoms with Gasteiger partial charge in [-0.3, -0.25) is 9.48 Å². The molecular formula is C24H25ClN6O. The van der Waals surface area contributed by atoms with Gasteiger partial charge < -0.3 is 10.2 Å². The van der Waals surface area contributed by atoms with Gasteiger partial charge in [0.25, 0.3) is 0 Å². The number of pyridine rings is 1. The van der Waals surface area contributed by atoms with Crippen LogP contribution in [0.15, 0.2) is 48.9 Å². The molecule has 0 unspecified atom stereocenters. The summed E-state index contributed by atoms with van der Waals surface area (Å²) in [5, 5.41) is 17.1. The Kier molecular flexibility index (Phi) is 6.42. The maximum atomic E-state index is 12.6. The Labute approximate surface area is 192 Å². The number of nitrogens with one attached hydrogen (secondary N) is 1. The van der Waals surface area contributed by atoms with Crippen LogP contribution >= 0.6 is 11.6 Å². The van der Waals surface area contributed by atoms with Crippen molar-refractivity contribution in [1.82, 2.24) is 14.8 Å². The van der Waals surface area contributed by atoms with Crippen LogP contribution in [0.5, 0.6) is 0 Å². The molecule has 4 rings (SSSR count). The lowest BCUT2D eigenvalue weighted by Crippen LogP contribution is -2.43. The second-order valence-corrected chi connectivity index (χ2v) is 8.56. The Morgan fingerprint density at radius 3 is 2.53 bits per heavy atom. The Bertz CT molecular complexity index is 1140. The Morgan fingerprint density at radius 2 is 1.97 bits per heavy atom. The van der Waals surface area contributed by atoms with Crippen molar-refractivity contribution in [2.75, 3.05) is 10.2 Å². The van der Waals surface area contributed by atoms with Gasteiger partial charge in [0.2, 0.25) is 5.91 Å². The molecule has 0 bridgehead atoms. The molecule has 2 heterocycles. The van der Waals surface area contributed by atoms with Crippen LogP contribution in [0.2, 0.25) is 5.02 Å². The number of carbonyl (C=O) groups is 1. The summed E-state index contributed by atoms with van der Waals surface area (Å²) in [7, 11) is 1.87. The molecule has 1 aliphatic rings. The quantitative estimate of drug-likeness (QED) is 0.606. The van der Waals surface area contributed by atoms with Crippen molar-refractivity contribution in [1.29, 1.82) is 5.26 Å². The van der Waals surface area contributed by atoms with Crippen LogP contribution in [0.1, 0.15) is 38.2 Å². The summed E-state index contributed by atoms with van der Waals surface area (Å²) in [5.41, 5.74) is 3.25. The molecule has 1 aliphatic carbocycles. The molecule has 7 nitrogen and oxygen atoms in total. The van der Waals surface area contributed by atoms with E-state index in [1.807, 2.05) is 42.4 Å². The molecule has 0 radical (unpaired) electrons. The summed E-state index contributed by atoms with van der Waals surface area (Å²) in [6.07, 6.45) is 8.88. The van der Waals surface area contributed by atoms with E-state index in [2.05, 4.69) is 21.5 Å². The van der Waals surface area contributed by atoms with E-state index >= 15 is 0 Å². The number of hydrogen-bond acceptors (Lipinski definition) is 5. The number of aromatic nitrogens is 3. The third-order valence-corrected chi connectivity index (χ3v) is 6.19. The van der Waals surface area contributed by atoms with Crippen molar-refractivity contribution in [3.05, 3.63) is 59.5 Å². The summed E-state index contributed by atoms with van der Waals surface area (Å²) in [5.74, 6) is 0.760. The molecule has 1 aromatic carbocycles. The van der Waals surface area contributed by atoms with Gasteiger partial charge in [0.15, 0.2) is 0 Å². The second-order valence-electron chi connectivity index (χ2n) is 8.15. The summed E-state index contributed by atoms with van der Waals surface area (Å²) in [6, 6.07) is 11.9. The van der Waals surface area contributed by atoms with E-state index in [-0.39, 0.29) is 18.0 Å². The van der Waals surface area contributed by atoms with E-state index in [0.717, 1.165) is 48.3 Å². The van der Waals surface area contributed by atoms with E-state index in [9.17, 15) is 4.79 Å². The molecule has 32 heavy (non-hydrogen) atoms. The SMILES string of the molecule is CC(=O)N(c1ccc(-c2cnn(C)c2)cc1Cl)C1CCC(Nc2ccc(C#N)cn2)CC1. The molecule has 0 saturated heterocycles. The molecule has 0 atom stereocenters. The lowest BCUT2D eigenvalue weighted by molar-refractivity contribution is -0.117. The minimum Gasteiger partial charge on any atom is -0.367 e. The van der Waals surface area contributed by atoms with Crippen LogP contribution < -0.4 is 10.2 Å². The normalized spacial score (nSPS) is 18.1. The summed E-state index contributed by atoms with van der Waals surface area (Å²) in [4.78, 5) is 18.7. The van der Waals surface area contributed by atoms with Gasteiger partial charge >= 0.3 is 0 Å². The number of nitrogens with zero attached hydrogens (tertiary/aromatic N) is 5. The number of rotatable bonds is 5. The molecule has 1 saturated carbocycles. The number of nitriles is 1. The molecule has 0 aliphatic heterocycles. The first-order valence-corrected chi connectivity index (χ1v) is 11.0. The van der Waals surface area contributed by atoms with Gasteiger partial charge in [0.1, 0.15) is 11.9 Å². The molecular weight excluding hydrogens is 424 g/mol. The highest BCUT2D eigenvalue weighted by Crippen LogP contribution is 2.35. The summed E-state index contributed by atoms with van der Waals surface area (Å²) >= 11 is 6.64. The predicted molar refractivity (Wildman–Crippen MR) is 125 cm³/mol. The first-order chi connectivity index (χ1) is 15.4. The monoisotopic (exact) mass is 448 g/mol. The van der Waals surface area contributed by atoms with E-state index in [1.54, 1.807) is 30.1 Å². The fourth-order valence-corrected chi connectivity index (χ4v) is 4.58. The number of benzene rings is 1. The van der Waals surface area contributed by atoms with Crippen LogP contribution in [-0.4, -0.2) is 32.8 Å². The first kappa shape index (κ1) is 21.8. The first-order valence-electron chi connectivity index (χ1n) is 10.7. The minimum absolute atomic E-state index is 0.00815. The molecule has 2 aromatic heterocycles. The van der Waals surface area contributed by atoms with Crippen molar-refractivity contribution in [2.45, 2.75) is 44.7 Å². The summed E-state index contributed by atoms with van der Waals surface area (Å²) < 4.78 is 1.75. The van der Waals surface area contributed by atoms with Crippen molar-refractivity contribution in [2.24, 2.45) is 7.05 Å². The lowest BCUT2D eigenvalue weighted by Gasteiger charge is -2.37. The fourth-order valence-electron chi connectivity index (χ4n) is 4.31. The highest BCUT2D eigenvalue weighted by Gasteiger charge is 2.29. The van der Waals surface area contributed by atoms with Gasteiger partial charge in [0, 0.05) is 44.0 Å². The van der Waals surface area contributed by atoms with E-state index in [4.69, 9.17) is 16.9 Å². The Hall–Kier alpha value is -3.37. The number of aryl methyl sites for hydroxylation is 1. The van der Waals surface area contributed by atoms with Crippen LogP contribution in [0.4, 0.5) is 11.5 Å². The standard InChI is InChI=1S/C24H25ClN6O/c1-16(32)31(23-9-4-18(11-22(23)25)19-14-28-30(2)15-19)21-7-5-20(6-8-21)29-24-10-3-17(12-26)13-27-24/h3-4,9-11,13-15,20-21H,5-8H2,1-2H3,(H,27,29). The largest absolute Gasteiger partial charge is 0.367 e. The highest BCUT2D eigenvalue weighted by atomic mass is 35.5. The third-order valence-electron chi connectivity index (χ3n) is 5.89. The zero-order valence-electron chi connectivity index (χ0n) is 18.1. The minimum atomic E-state index is -0.00815. The van der Waals surface area contributed by atoms with Gasteiger partial charge in [-0.2, -0.15) is 10.4 Å². The van der Waals surface area contributed by atoms with Gasteiger partial charge in [0.05, 0.1) is 22.5 Å². The number of halogens is 1. The molecule has 1 amide bonds. The van der Waals surface area contributed by atoms with Gasteiger partial charge in [-0.05, 0) is 55.5 Å². The highest BCUT2D eigenvalue weighted by molar-refractivity contribution is 6.34. The maximum Gasteiger partial charge on any atom is 0.224 e. The molecule has 164 valence electrons. The third kappa shape index (κ3) is 4.76. The number of carbonyl (C=O) groups excluding carboxylic acids is 1. The molecule has 8 heteroatoms. The Balaban J connectivity index is 1.44. The zero-order valence-corrected chi connectivity index (χ0v) is 18.9. The smallest absolute Gasteiger partial charge is 0.224 e. The zero-order chi connectivity index (χ0) is 22.7. The van der Waals surface area contributed by atoms with Gasteiger partial charge in [-0.25, -0.2) is 4.98 Å². The average molecular weight is 449 g/mol. The van der Waals surface area contributed by atoms with Crippen molar-refractivity contribution in [3.63, 3.8) is 0 Å². The van der Waals surface area contributed by atoms with Crippen LogP contribution in [0.3, 0.4) is 0 Å². The Morgan fingerprint density at radius 1 is 1.19 bits per heavy atom. The maximum absolute atomic E-state index is 12.6. The van der Waals surface area contributed by atoms with Crippen molar-refractivity contribution >= 4 is 29.0 Å².